The zero-order valence-electron chi connectivity index (χ0n) is 15.1. The highest BCUT2D eigenvalue weighted by Gasteiger charge is 2.27. The van der Waals surface area contributed by atoms with Crippen LogP contribution in [0.3, 0.4) is 0 Å². The van der Waals surface area contributed by atoms with Gasteiger partial charge >= 0.3 is 0 Å². The maximum Gasteiger partial charge on any atom is 0.275 e. The van der Waals surface area contributed by atoms with Gasteiger partial charge in [-0.05, 0) is 41.4 Å². The fraction of sp³-hybridized carbons (Fsp3) is 0.421. The molecule has 2 heterocycles. The van der Waals surface area contributed by atoms with Gasteiger partial charge in [0.1, 0.15) is 4.88 Å². The van der Waals surface area contributed by atoms with E-state index in [4.69, 9.17) is 5.73 Å². The zero-order valence-corrected chi connectivity index (χ0v) is 15.9. The summed E-state index contributed by atoms with van der Waals surface area (Å²) in [6.45, 7) is 6.14. The number of amides is 2. The van der Waals surface area contributed by atoms with E-state index >= 15 is 0 Å². The minimum atomic E-state index is -0.298. The first-order valence-electron chi connectivity index (χ1n) is 8.89. The average molecular weight is 372 g/mol. The number of nitrogens with one attached hydrogen (secondary N) is 1. The third-order valence-corrected chi connectivity index (χ3v) is 5.49. The Morgan fingerprint density at radius 1 is 1.23 bits per heavy atom. The highest BCUT2D eigenvalue weighted by molar-refractivity contribution is 7.09. The summed E-state index contributed by atoms with van der Waals surface area (Å²) >= 11 is 0.978. The average Bonchev–Trinajstić information content (AvgIpc) is 3.29. The molecule has 0 spiro atoms. The van der Waals surface area contributed by atoms with E-state index in [9.17, 15) is 9.59 Å². The second-order valence-electron chi connectivity index (χ2n) is 6.85. The predicted octanol–water partition coefficient (Wildman–Crippen LogP) is 3.01. The van der Waals surface area contributed by atoms with Crippen LogP contribution in [0.2, 0.25) is 0 Å². The number of carbonyl (C=O) groups is 2. The summed E-state index contributed by atoms with van der Waals surface area (Å²) in [7, 11) is 0. The molecular formula is C19H24N4O2S. The van der Waals surface area contributed by atoms with Gasteiger partial charge in [0.2, 0.25) is 0 Å². The number of nitrogen functional groups attached to an aromatic ring is 1. The Morgan fingerprint density at radius 3 is 2.50 bits per heavy atom. The Balaban J connectivity index is 1.64. The van der Waals surface area contributed by atoms with Gasteiger partial charge in [0, 0.05) is 19.6 Å². The molecule has 3 rings (SSSR count). The molecule has 2 aromatic rings. The molecule has 3 N–H and O–H groups in total. The largest absolute Gasteiger partial charge is 0.395 e. The van der Waals surface area contributed by atoms with Crippen LogP contribution in [0.5, 0.6) is 0 Å². The van der Waals surface area contributed by atoms with Gasteiger partial charge in [0.05, 0.1) is 5.69 Å². The third-order valence-electron chi connectivity index (χ3n) is 4.63. The molecule has 1 saturated heterocycles. The van der Waals surface area contributed by atoms with Crippen molar-refractivity contribution < 1.29 is 9.59 Å². The van der Waals surface area contributed by atoms with Crippen LogP contribution < -0.4 is 11.1 Å². The van der Waals surface area contributed by atoms with Crippen molar-refractivity contribution in [2.45, 2.75) is 39.2 Å². The Labute approximate surface area is 157 Å². The second kappa shape index (κ2) is 7.86. The molecule has 7 heteroatoms. The number of anilines is 1. The molecular weight excluding hydrogens is 348 g/mol. The lowest BCUT2D eigenvalue weighted by molar-refractivity contribution is 0.0789. The number of nitrogens with zero attached hydrogens (tertiary/aromatic N) is 2. The molecule has 1 aliphatic rings. The molecule has 0 aliphatic carbocycles. The fourth-order valence-corrected chi connectivity index (χ4v) is 3.68. The molecule has 0 unspecified atom stereocenters. The fourth-order valence-electron chi connectivity index (χ4n) is 2.97. The van der Waals surface area contributed by atoms with Crippen molar-refractivity contribution in [3.8, 4) is 0 Å². The van der Waals surface area contributed by atoms with Gasteiger partial charge in [0.15, 0.2) is 5.69 Å². The topological polar surface area (TPSA) is 88.3 Å². The van der Waals surface area contributed by atoms with Crippen LogP contribution in [-0.4, -0.2) is 34.2 Å². The van der Waals surface area contributed by atoms with Crippen molar-refractivity contribution in [3.05, 3.63) is 46.0 Å². The van der Waals surface area contributed by atoms with Crippen LogP contribution in [0.25, 0.3) is 0 Å². The lowest BCUT2D eigenvalue weighted by Crippen LogP contribution is -2.29. The lowest BCUT2D eigenvalue weighted by Gasteiger charge is -2.13. The normalized spacial score (nSPS) is 14.0. The van der Waals surface area contributed by atoms with Crippen LogP contribution >= 0.6 is 11.5 Å². The summed E-state index contributed by atoms with van der Waals surface area (Å²) in [5.74, 6) is -0.00446. The highest BCUT2D eigenvalue weighted by atomic mass is 32.1. The lowest BCUT2D eigenvalue weighted by atomic mass is 10.0. The van der Waals surface area contributed by atoms with Crippen molar-refractivity contribution >= 4 is 29.0 Å². The van der Waals surface area contributed by atoms with E-state index in [2.05, 4.69) is 35.7 Å². The van der Waals surface area contributed by atoms with Gasteiger partial charge in [-0.3, -0.25) is 9.59 Å². The van der Waals surface area contributed by atoms with Crippen LogP contribution in [0, 0.1) is 0 Å². The first kappa shape index (κ1) is 18.4. The summed E-state index contributed by atoms with van der Waals surface area (Å²) in [5.41, 5.74) is 8.69. The molecule has 1 aromatic carbocycles. The van der Waals surface area contributed by atoms with Gasteiger partial charge < -0.3 is 16.0 Å². The summed E-state index contributed by atoms with van der Waals surface area (Å²) in [6.07, 6.45) is 2.00. The number of benzene rings is 1. The highest BCUT2D eigenvalue weighted by Crippen LogP contribution is 2.24. The van der Waals surface area contributed by atoms with E-state index in [1.807, 2.05) is 12.1 Å². The molecule has 0 saturated carbocycles. The minimum absolute atomic E-state index is 0.180. The Kier molecular flexibility index (Phi) is 5.56. The summed E-state index contributed by atoms with van der Waals surface area (Å²) in [6, 6.07) is 8.15. The number of rotatable bonds is 5. The van der Waals surface area contributed by atoms with Gasteiger partial charge in [-0.1, -0.05) is 38.1 Å². The van der Waals surface area contributed by atoms with Gasteiger partial charge in [-0.2, -0.15) is 4.37 Å². The molecule has 2 amide bonds. The standard InChI is InChI=1S/C19H24N4O2S/c1-12(2)14-7-5-13(6-8-14)11-21-18(24)17-15(20)16(22-26-17)19(25)23-9-3-4-10-23/h5-8,12H,3-4,9-11,20H2,1-2H3,(H,21,24). The van der Waals surface area contributed by atoms with E-state index in [0.29, 0.717) is 17.3 Å². The number of carbonyl (C=O) groups excluding carboxylic acids is 2. The molecule has 0 radical (unpaired) electrons. The number of nitrogens with two attached hydrogens (primary N) is 1. The van der Waals surface area contributed by atoms with Crippen LogP contribution in [0.4, 0.5) is 5.69 Å². The van der Waals surface area contributed by atoms with E-state index in [-0.39, 0.29) is 23.2 Å². The number of likely N-dealkylation sites (tertiary alicyclic amines) is 1. The van der Waals surface area contributed by atoms with Crippen molar-refractivity contribution in [2.75, 3.05) is 18.8 Å². The Hall–Kier alpha value is -2.41. The molecule has 0 atom stereocenters. The monoisotopic (exact) mass is 372 g/mol. The Morgan fingerprint density at radius 2 is 1.88 bits per heavy atom. The molecule has 26 heavy (non-hydrogen) atoms. The first-order valence-corrected chi connectivity index (χ1v) is 9.66. The third kappa shape index (κ3) is 3.88. The smallest absolute Gasteiger partial charge is 0.275 e. The maximum atomic E-state index is 12.4. The van der Waals surface area contributed by atoms with Gasteiger partial charge in [0.25, 0.3) is 11.8 Å². The van der Waals surface area contributed by atoms with Crippen LogP contribution in [0.15, 0.2) is 24.3 Å². The van der Waals surface area contributed by atoms with Gasteiger partial charge in [-0.25, -0.2) is 0 Å². The number of hydrogen-bond acceptors (Lipinski definition) is 5. The van der Waals surface area contributed by atoms with Gasteiger partial charge in [-0.15, -0.1) is 0 Å². The van der Waals surface area contributed by atoms with Crippen molar-refractivity contribution in [1.82, 2.24) is 14.6 Å². The van der Waals surface area contributed by atoms with Crippen molar-refractivity contribution in [1.29, 1.82) is 0 Å². The van der Waals surface area contributed by atoms with E-state index < -0.39 is 0 Å². The summed E-state index contributed by atoms with van der Waals surface area (Å²) in [5, 5.41) is 2.85. The predicted molar refractivity (Wildman–Crippen MR) is 103 cm³/mol. The van der Waals surface area contributed by atoms with Crippen LogP contribution in [0.1, 0.15) is 63.9 Å². The minimum Gasteiger partial charge on any atom is -0.395 e. The molecule has 138 valence electrons. The van der Waals surface area contributed by atoms with Crippen LogP contribution in [-0.2, 0) is 6.54 Å². The molecule has 0 bridgehead atoms. The molecule has 1 fully saturated rings. The second-order valence-corrected chi connectivity index (χ2v) is 7.63. The van der Waals surface area contributed by atoms with E-state index in [1.165, 1.54) is 5.56 Å². The summed E-state index contributed by atoms with van der Waals surface area (Å²) < 4.78 is 4.13. The zero-order chi connectivity index (χ0) is 18.7. The number of aromatic nitrogens is 1. The maximum absolute atomic E-state index is 12.4. The first-order chi connectivity index (χ1) is 12.5. The van der Waals surface area contributed by atoms with Crippen molar-refractivity contribution in [2.24, 2.45) is 0 Å². The molecule has 6 nitrogen and oxygen atoms in total. The number of hydrogen-bond donors (Lipinski definition) is 2. The van der Waals surface area contributed by atoms with Crippen molar-refractivity contribution in [3.63, 3.8) is 0 Å². The SMILES string of the molecule is CC(C)c1ccc(CNC(=O)c2snc(C(=O)N3CCCC3)c2N)cc1. The van der Waals surface area contributed by atoms with E-state index in [1.54, 1.807) is 4.90 Å². The summed E-state index contributed by atoms with van der Waals surface area (Å²) in [4.78, 5) is 26.9. The quantitative estimate of drug-likeness (QED) is 0.844. The van der Waals surface area contributed by atoms with E-state index in [0.717, 1.165) is 43.0 Å². The Bertz CT molecular complexity index is 792. The molecule has 1 aromatic heterocycles. The molecule has 1 aliphatic heterocycles.